The molecular formula is C27H34N2O3. The number of amides is 1. The fourth-order valence-corrected chi connectivity index (χ4v) is 4.81. The molecule has 0 spiro atoms. The summed E-state index contributed by atoms with van der Waals surface area (Å²) in [6.45, 7) is 7.01. The van der Waals surface area contributed by atoms with Crippen LogP contribution in [0.15, 0.2) is 48.7 Å². The second-order valence-electron chi connectivity index (χ2n) is 8.85. The number of rotatable bonds is 7. The minimum Gasteiger partial charge on any atom is -0.497 e. The van der Waals surface area contributed by atoms with Gasteiger partial charge in [-0.25, -0.2) is 0 Å². The van der Waals surface area contributed by atoms with Gasteiger partial charge < -0.3 is 18.9 Å². The van der Waals surface area contributed by atoms with E-state index in [9.17, 15) is 4.79 Å². The van der Waals surface area contributed by atoms with Crippen molar-refractivity contribution < 1.29 is 14.3 Å². The van der Waals surface area contributed by atoms with Gasteiger partial charge in [0.15, 0.2) is 0 Å². The Morgan fingerprint density at radius 2 is 1.72 bits per heavy atom. The number of ether oxygens (including phenoxy) is 2. The zero-order chi connectivity index (χ0) is 22.7. The molecule has 1 aliphatic heterocycles. The fourth-order valence-electron chi connectivity index (χ4n) is 4.81. The van der Waals surface area contributed by atoms with Gasteiger partial charge in [-0.3, -0.25) is 4.79 Å². The predicted octanol–water partition coefficient (Wildman–Crippen LogP) is 5.46. The van der Waals surface area contributed by atoms with Crippen molar-refractivity contribution in [1.29, 1.82) is 0 Å². The van der Waals surface area contributed by atoms with Gasteiger partial charge in [0.25, 0.3) is 0 Å². The standard InChI is InChI=1S/C27H34N2O3/c1-5-28-18-25(23-8-6-7-9-26(23)28)24(17-27(30)29-12-10-19(2)11-13-29)20-14-21(31-3)16-22(15-20)32-4/h6-9,14-16,18-19,24H,5,10-13,17H2,1-4H3. The summed E-state index contributed by atoms with van der Waals surface area (Å²) in [5, 5.41) is 1.20. The summed E-state index contributed by atoms with van der Waals surface area (Å²) in [6.07, 6.45) is 4.81. The van der Waals surface area contributed by atoms with Crippen LogP contribution in [0.25, 0.3) is 10.9 Å². The molecular weight excluding hydrogens is 400 g/mol. The lowest BCUT2D eigenvalue weighted by Crippen LogP contribution is -2.38. The zero-order valence-corrected chi connectivity index (χ0v) is 19.6. The first-order chi connectivity index (χ1) is 15.5. The monoisotopic (exact) mass is 434 g/mol. The molecule has 0 aliphatic carbocycles. The number of aromatic nitrogens is 1. The lowest BCUT2D eigenvalue weighted by Gasteiger charge is -2.31. The highest BCUT2D eigenvalue weighted by Crippen LogP contribution is 2.38. The largest absolute Gasteiger partial charge is 0.497 e. The minimum atomic E-state index is -0.0800. The number of fused-ring (bicyclic) bond motifs is 1. The van der Waals surface area contributed by atoms with Crippen LogP contribution < -0.4 is 9.47 Å². The first kappa shape index (κ1) is 22.3. The third-order valence-corrected chi connectivity index (χ3v) is 6.83. The van der Waals surface area contributed by atoms with Gasteiger partial charge in [0.1, 0.15) is 11.5 Å². The maximum atomic E-state index is 13.4. The molecule has 32 heavy (non-hydrogen) atoms. The van der Waals surface area contributed by atoms with Gasteiger partial charge in [-0.15, -0.1) is 0 Å². The number of para-hydroxylation sites is 1. The molecule has 3 aromatic rings. The number of piperidine rings is 1. The van der Waals surface area contributed by atoms with E-state index in [2.05, 4.69) is 48.9 Å². The van der Waals surface area contributed by atoms with Gasteiger partial charge in [0, 0.05) is 55.1 Å². The van der Waals surface area contributed by atoms with E-state index >= 15 is 0 Å². The van der Waals surface area contributed by atoms with Crippen LogP contribution in [0.2, 0.25) is 0 Å². The third-order valence-electron chi connectivity index (χ3n) is 6.83. The van der Waals surface area contributed by atoms with Crippen molar-refractivity contribution in [1.82, 2.24) is 9.47 Å². The molecule has 1 aromatic heterocycles. The minimum absolute atomic E-state index is 0.0800. The van der Waals surface area contributed by atoms with Crippen LogP contribution in [0.5, 0.6) is 11.5 Å². The predicted molar refractivity (Wildman–Crippen MR) is 129 cm³/mol. The highest BCUT2D eigenvalue weighted by atomic mass is 16.5. The molecule has 1 amide bonds. The molecule has 2 heterocycles. The van der Waals surface area contributed by atoms with Gasteiger partial charge in [-0.2, -0.15) is 0 Å². The number of carbonyl (C=O) groups is 1. The quantitative estimate of drug-likeness (QED) is 0.496. The summed E-state index contributed by atoms with van der Waals surface area (Å²) < 4.78 is 13.4. The van der Waals surface area contributed by atoms with E-state index in [1.54, 1.807) is 14.2 Å². The van der Waals surface area contributed by atoms with Gasteiger partial charge in [0.05, 0.1) is 14.2 Å². The number of nitrogens with zero attached hydrogens (tertiary/aromatic N) is 2. The molecule has 1 fully saturated rings. The van der Waals surface area contributed by atoms with E-state index < -0.39 is 0 Å². The number of hydrogen-bond acceptors (Lipinski definition) is 3. The first-order valence-electron chi connectivity index (χ1n) is 11.6. The molecule has 1 aliphatic rings. The summed E-state index contributed by atoms with van der Waals surface area (Å²) in [7, 11) is 3.33. The second-order valence-corrected chi connectivity index (χ2v) is 8.85. The van der Waals surface area contributed by atoms with Crippen LogP contribution in [-0.2, 0) is 11.3 Å². The molecule has 0 saturated carbocycles. The van der Waals surface area contributed by atoms with Crippen LogP contribution in [0.3, 0.4) is 0 Å². The highest BCUT2D eigenvalue weighted by Gasteiger charge is 2.27. The molecule has 0 bridgehead atoms. The Kier molecular flexibility index (Phi) is 6.73. The number of hydrogen-bond donors (Lipinski definition) is 0. The second kappa shape index (κ2) is 9.68. The average Bonchev–Trinajstić information content (AvgIpc) is 3.21. The number of methoxy groups -OCH3 is 2. The Morgan fingerprint density at radius 3 is 2.34 bits per heavy atom. The Hall–Kier alpha value is -2.95. The maximum absolute atomic E-state index is 13.4. The van der Waals surface area contributed by atoms with Gasteiger partial charge in [-0.05, 0) is 55.0 Å². The Morgan fingerprint density at radius 1 is 1.06 bits per heavy atom. The molecule has 5 nitrogen and oxygen atoms in total. The van der Waals surface area contributed by atoms with E-state index in [0.29, 0.717) is 12.3 Å². The van der Waals surface area contributed by atoms with Crippen molar-refractivity contribution in [3.8, 4) is 11.5 Å². The van der Waals surface area contributed by atoms with Crippen LogP contribution in [0, 0.1) is 5.92 Å². The molecule has 2 aromatic carbocycles. The zero-order valence-electron chi connectivity index (χ0n) is 19.6. The molecule has 170 valence electrons. The van der Waals surface area contributed by atoms with Gasteiger partial charge >= 0.3 is 0 Å². The Labute approximate surface area is 190 Å². The van der Waals surface area contributed by atoms with Crippen molar-refractivity contribution in [2.45, 2.75) is 45.6 Å². The number of benzene rings is 2. The highest BCUT2D eigenvalue weighted by molar-refractivity contribution is 5.87. The van der Waals surface area contributed by atoms with Crippen molar-refractivity contribution in [3.63, 3.8) is 0 Å². The number of carbonyl (C=O) groups excluding carboxylic acids is 1. The molecule has 0 N–H and O–H groups in total. The number of aryl methyl sites for hydroxylation is 1. The lowest BCUT2D eigenvalue weighted by atomic mass is 9.87. The summed E-state index contributed by atoms with van der Waals surface area (Å²) in [5.74, 6) is 2.31. The van der Waals surface area contributed by atoms with Gasteiger partial charge in [0.2, 0.25) is 5.91 Å². The normalized spacial score (nSPS) is 15.7. The molecule has 1 saturated heterocycles. The van der Waals surface area contributed by atoms with E-state index in [-0.39, 0.29) is 11.8 Å². The van der Waals surface area contributed by atoms with E-state index in [0.717, 1.165) is 49.5 Å². The molecule has 4 rings (SSSR count). The average molecular weight is 435 g/mol. The third kappa shape index (κ3) is 4.47. The van der Waals surface area contributed by atoms with E-state index in [1.165, 1.54) is 16.5 Å². The molecule has 5 heteroatoms. The lowest BCUT2D eigenvalue weighted by molar-refractivity contribution is -0.132. The molecule has 1 unspecified atom stereocenters. The Bertz CT molecular complexity index is 1060. The van der Waals surface area contributed by atoms with E-state index in [1.807, 2.05) is 23.1 Å². The van der Waals surface area contributed by atoms with Crippen LogP contribution >= 0.6 is 0 Å². The topological polar surface area (TPSA) is 43.7 Å². The maximum Gasteiger partial charge on any atom is 0.223 e. The van der Waals surface area contributed by atoms with Crippen LogP contribution in [-0.4, -0.2) is 42.7 Å². The van der Waals surface area contributed by atoms with Gasteiger partial charge in [-0.1, -0.05) is 25.1 Å². The SMILES string of the molecule is CCn1cc(C(CC(=O)N2CCC(C)CC2)c2cc(OC)cc(OC)c2)c2ccccc21. The van der Waals surface area contributed by atoms with Crippen LogP contribution in [0.4, 0.5) is 0 Å². The molecule has 1 atom stereocenters. The fraction of sp³-hybridized carbons (Fsp3) is 0.444. The smallest absolute Gasteiger partial charge is 0.223 e. The summed E-state index contributed by atoms with van der Waals surface area (Å²) in [5.41, 5.74) is 3.42. The van der Waals surface area contributed by atoms with Crippen molar-refractivity contribution in [3.05, 3.63) is 59.8 Å². The first-order valence-corrected chi connectivity index (χ1v) is 11.6. The summed E-state index contributed by atoms with van der Waals surface area (Å²) >= 11 is 0. The summed E-state index contributed by atoms with van der Waals surface area (Å²) in [4.78, 5) is 15.5. The molecule has 0 radical (unpaired) electrons. The van der Waals surface area contributed by atoms with Crippen molar-refractivity contribution in [2.24, 2.45) is 5.92 Å². The van der Waals surface area contributed by atoms with Crippen molar-refractivity contribution in [2.75, 3.05) is 27.3 Å². The number of likely N-dealkylation sites (tertiary alicyclic amines) is 1. The van der Waals surface area contributed by atoms with Crippen molar-refractivity contribution >= 4 is 16.8 Å². The Balaban J connectivity index is 1.78. The van der Waals surface area contributed by atoms with E-state index in [4.69, 9.17) is 9.47 Å². The van der Waals surface area contributed by atoms with Crippen LogP contribution in [0.1, 0.15) is 50.2 Å². The summed E-state index contributed by atoms with van der Waals surface area (Å²) in [6, 6.07) is 14.4.